The van der Waals surface area contributed by atoms with E-state index >= 15 is 0 Å². The number of aryl methyl sites for hydroxylation is 1. The van der Waals surface area contributed by atoms with Gasteiger partial charge in [-0.15, -0.1) is 10.2 Å². The Morgan fingerprint density at radius 1 is 1.21 bits per heavy atom. The molecule has 0 saturated heterocycles. The van der Waals surface area contributed by atoms with E-state index in [2.05, 4.69) is 15.5 Å². The third-order valence-electron chi connectivity index (χ3n) is 4.88. The zero-order valence-corrected chi connectivity index (χ0v) is 16.4. The summed E-state index contributed by atoms with van der Waals surface area (Å²) in [6.45, 7) is 3.38. The largest absolute Gasteiger partial charge is 0.479 e. The van der Waals surface area contributed by atoms with Crippen molar-refractivity contribution in [1.82, 2.24) is 14.8 Å². The first-order valence-electron chi connectivity index (χ1n) is 9.30. The number of nitrogens with one attached hydrogen (secondary N) is 1. The van der Waals surface area contributed by atoms with E-state index in [0.29, 0.717) is 22.9 Å². The summed E-state index contributed by atoms with van der Waals surface area (Å²) >= 11 is 0. The smallest absolute Gasteiger partial charge is 0.268 e. The molecule has 3 aromatic rings. The lowest BCUT2D eigenvalue weighted by atomic mass is 10.1. The predicted octanol–water partition coefficient (Wildman–Crippen LogP) is 2.62. The van der Waals surface area contributed by atoms with Crippen molar-refractivity contribution >= 4 is 23.2 Å². The Hall–Kier alpha value is -3.68. The van der Waals surface area contributed by atoms with Crippen molar-refractivity contribution in [3.05, 3.63) is 54.9 Å². The Morgan fingerprint density at radius 2 is 2.00 bits per heavy atom. The van der Waals surface area contributed by atoms with E-state index in [4.69, 9.17) is 4.74 Å². The van der Waals surface area contributed by atoms with Crippen LogP contribution in [-0.4, -0.2) is 38.7 Å². The molecule has 1 N–H and O–H groups in total. The fourth-order valence-electron chi connectivity index (χ4n) is 3.36. The third kappa shape index (κ3) is 3.44. The number of fused-ring (bicyclic) bond motifs is 1. The number of carbonyl (C=O) groups is 2. The Bertz CT molecular complexity index is 1080. The Kier molecular flexibility index (Phi) is 4.75. The second kappa shape index (κ2) is 7.38. The van der Waals surface area contributed by atoms with Crippen molar-refractivity contribution in [2.75, 3.05) is 10.2 Å². The molecule has 0 fully saturated rings. The highest BCUT2D eigenvalue weighted by Gasteiger charge is 2.37. The molecule has 0 bridgehead atoms. The van der Waals surface area contributed by atoms with Crippen LogP contribution in [0.15, 0.2) is 54.9 Å². The van der Waals surface area contributed by atoms with Gasteiger partial charge in [-0.25, -0.2) is 0 Å². The Balaban J connectivity index is 1.58. The lowest BCUT2D eigenvalue weighted by molar-refractivity contribution is -0.128. The van der Waals surface area contributed by atoms with Crippen molar-refractivity contribution < 1.29 is 14.3 Å². The highest BCUT2D eigenvalue weighted by Crippen LogP contribution is 2.35. The van der Waals surface area contributed by atoms with Gasteiger partial charge < -0.3 is 14.6 Å². The molecule has 4 rings (SSSR count). The molecule has 2 unspecified atom stereocenters. The second-order valence-electron chi connectivity index (χ2n) is 6.95. The molecule has 0 aliphatic carbocycles. The molecule has 8 nitrogen and oxygen atoms in total. The molecule has 0 radical (unpaired) electrons. The van der Waals surface area contributed by atoms with E-state index in [9.17, 15) is 9.59 Å². The number of nitrogens with zero attached hydrogens (tertiary/aromatic N) is 4. The summed E-state index contributed by atoms with van der Waals surface area (Å²) < 4.78 is 7.45. The lowest BCUT2D eigenvalue weighted by Gasteiger charge is -2.36. The van der Waals surface area contributed by atoms with Crippen LogP contribution in [0.1, 0.15) is 13.8 Å². The monoisotopic (exact) mass is 391 g/mol. The molecule has 8 heteroatoms. The first-order valence-corrected chi connectivity index (χ1v) is 9.30. The van der Waals surface area contributed by atoms with E-state index in [1.54, 1.807) is 42.9 Å². The van der Waals surface area contributed by atoms with E-state index in [1.165, 1.54) is 4.90 Å². The topological polar surface area (TPSA) is 89.3 Å². The third-order valence-corrected chi connectivity index (χ3v) is 4.88. The number of hydrogen-bond donors (Lipinski definition) is 1. The van der Waals surface area contributed by atoms with Crippen LogP contribution < -0.4 is 15.0 Å². The summed E-state index contributed by atoms with van der Waals surface area (Å²) in [4.78, 5) is 27.2. The van der Waals surface area contributed by atoms with Gasteiger partial charge in [0.1, 0.15) is 18.1 Å². The van der Waals surface area contributed by atoms with Gasteiger partial charge >= 0.3 is 0 Å². The van der Waals surface area contributed by atoms with Crippen molar-refractivity contribution in [2.24, 2.45) is 7.05 Å². The molecule has 2 heterocycles. The van der Waals surface area contributed by atoms with Crippen LogP contribution in [-0.2, 0) is 16.6 Å². The van der Waals surface area contributed by atoms with Crippen LogP contribution in [0.25, 0.3) is 11.4 Å². The maximum absolute atomic E-state index is 13.0. The van der Waals surface area contributed by atoms with Crippen LogP contribution in [0.2, 0.25) is 0 Å². The number of aromatic nitrogens is 3. The summed E-state index contributed by atoms with van der Waals surface area (Å²) in [6, 6.07) is 13.9. The zero-order chi connectivity index (χ0) is 20.5. The fourth-order valence-corrected chi connectivity index (χ4v) is 3.36. The molecule has 0 saturated carbocycles. The van der Waals surface area contributed by atoms with Gasteiger partial charge in [0.25, 0.3) is 5.91 Å². The fraction of sp³-hybridized carbons (Fsp3) is 0.238. The van der Waals surface area contributed by atoms with E-state index in [0.717, 1.165) is 5.56 Å². The number of amides is 2. The summed E-state index contributed by atoms with van der Waals surface area (Å²) in [5.74, 6) is 0.736. The zero-order valence-electron chi connectivity index (χ0n) is 16.4. The highest BCUT2D eigenvalue weighted by molar-refractivity contribution is 6.08. The van der Waals surface area contributed by atoms with Gasteiger partial charge in [-0.05, 0) is 38.1 Å². The molecule has 1 aliphatic rings. The highest BCUT2D eigenvalue weighted by atomic mass is 16.5. The number of para-hydroxylation sites is 2. The predicted molar refractivity (Wildman–Crippen MR) is 109 cm³/mol. The molecular weight excluding hydrogens is 370 g/mol. The van der Waals surface area contributed by atoms with E-state index < -0.39 is 12.1 Å². The lowest BCUT2D eigenvalue weighted by Crippen LogP contribution is -2.52. The summed E-state index contributed by atoms with van der Waals surface area (Å²) in [5, 5.41) is 10.9. The molecule has 1 aliphatic heterocycles. The van der Waals surface area contributed by atoms with E-state index in [-0.39, 0.29) is 11.8 Å². The molecule has 2 aromatic carbocycles. The van der Waals surface area contributed by atoms with Gasteiger partial charge in [0.2, 0.25) is 5.91 Å². The number of rotatable bonds is 4. The normalized spacial score (nSPS) is 16.7. The molecule has 2 atom stereocenters. The Labute approximate surface area is 168 Å². The average Bonchev–Trinajstić information content (AvgIpc) is 3.14. The van der Waals surface area contributed by atoms with Gasteiger partial charge in [-0.2, -0.15) is 0 Å². The van der Waals surface area contributed by atoms with Crippen LogP contribution in [0.4, 0.5) is 11.4 Å². The number of anilines is 2. The maximum Gasteiger partial charge on any atom is 0.268 e. The number of carbonyl (C=O) groups excluding carboxylic acids is 2. The van der Waals surface area contributed by atoms with Crippen molar-refractivity contribution in [3.63, 3.8) is 0 Å². The van der Waals surface area contributed by atoms with E-state index in [1.807, 2.05) is 37.4 Å². The minimum absolute atomic E-state index is 0.251. The molecule has 1 aromatic heterocycles. The summed E-state index contributed by atoms with van der Waals surface area (Å²) in [5.41, 5.74) is 2.03. The van der Waals surface area contributed by atoms with Crippen LogP contribution in [0, 0.1) is 0 Å². The number of hydrogen-bond acceptors (Lipinski definition) is 5. The average molecular weight is 391 g/mol. The summed E-state index contributed by atoms with van der Waals surface area (Å²) in [7, 11) is 1.85. The van der Waals surface area contributed by atoms with Gasteiger partial charge in [-0.1, -0.05) is 24.3 Å². The van der Waals surface area contributed by atoms with Gasteiger partial charge in [0, 0.05) is 18.3 Å². The quantitative estimate of drug-likeness (QED) is 0.738. The molecule has 0 spiro atoms. The Morgan fingerprint density at radius 3 is 2.76 bits per heavy atom. The van der Waals surface area contributed by atoms with Crippen LogP contribution >= 0.6 is 0 Å². The minimum Gasteiger partial charge on any atom is -0.479 e. The number of ether oxygens (including phenoxy) is 1. The number of benzene rings is 2. The molecular formula is C21H21N5O3. The van der Waals surface area contributed by atoms with Crippen molar-refractivity contribution in [2.45, 2.75) is 26.0 Å². The molecule has 29 heavy (non-hydrogen) atoms. The first kappa shape index (κ1) is 18.7. The van der Waals surface area contributed by atoms with Gasteiger partial charge in [0.15, 0.2) is 11.9 Å². The molecule has 148 valence electrons. The molecule has 2 amide bonds. The van der Waals surface area contributed by atoms with Gasteiger partial charge in [-0.3, -0.25) is 14.5 Å². The van der Waals surface area contributed by atoms with Gasteiger partial charge in [0.05, 0.1) is 5.69 Å². The standard InChI is InChI=1S/C21H21N5O3/c1-13(26-17-9-4-5-10-18(17)29-14(2)21(26)28)20(27)23-16-8-6-7-15(11-16)19-24-22-12-25(19)3/h4-14H,1-3H3,(H,23,27). The van der Waals surface area contributed by atoms with Crippen LogP contribution in [0.5, 0.6) is 5.75 Å². The van der Waals surface area contributed by atoms with Crippen molar-refractivity contribution in [3.8, 4) is 17.1 Å². The summed E-state index contributed by atoms with van der Waals surface area (Å²) in [6.07, 6.45) is 0.963. The maximum atomic E-state index is 13.0. The first-order chi connectivity index (χ1) is 14.0. The van der Waals surface area contributed by atoms with Crippen molar-refractivity contribution in [1.29, 1.82) is 0 Å². The SMILES string of the molecule is CC1Oc2ccccc2N(C(C)C(=O)Nc2cccc(-c3nncn3C)c2)C1=O. The minimum atomic E-state index is -0.714. The van der Waals surface area contributed by atoms with Crippen LogP contribution in [0.3, 0.4) is 0 Å². The second-order valence-corrected chi connectivity index (χ2v) is 6.95.